The fourth-order valence-corrected chi connectivity index (χ4v) is 7.28. The van der Waals surface area contributed by atoms with Gasteiger partial charge in [-0.2, -0.15) is 23.5 Å². The molecule has 0 saturated carbocycles. The van der Waals surface area contributed by atoms with Gasteiger partial charge in [0.2, 0.25) is 0 Å². The minimum atomic E-state index is -0.120. The molecule has 56 heavy (non-hydrogen) atoms. The molecule has 1 atom stereocenters. The molecule has 0 bridgehead atoms. The molecule has 335 valence electrons. The minimum absolute atomic E-state index is 0. The maximum atomic E-state index is 11.4. The SMILES string of the molecule is CCCCCCCCCC(=O)OCC[N-]CCOC.CCCCCCSCC(C=O)SCCCCCC.CCN(CC)CCCC(=O)OCCCCO.SS.[Y]. The first-order valence-electron chi connectivity index (χ1n) is 21.5. The summed E-state index contributed by atoms with van der Waals surface area (Å²) < 4.78 is 15.0. The number of esters is 2. The third-order valence-electron chi connectivity index (χ3n) is 8.42. The van der Waals surface area contributed by atoms with Crippen molar-refractivity contribution in [3.05, 3.63) is 5.32 Å². The van der Waals surface area contributed by atoms with Gasteiger partial charge in [-0.25, -0.2) is 0 Å². The second-order valence-electron chi connectivity index (χ2n) is 13.3. The molecule has 1 N–H and O–H groups in total. The third kappa shape index (κ3) is 61.6. The first-order chi connectivity index (χ1) is 26.9. The van der Waals surface area contributed by atoms with Gasteiger partial charge in [0.1, 0.15) is 6.29 Å². The van der Waals surface area contributed by atoms with E-state index in [1.54, 1.807) is 7.11 Å². The molecule has 0 amide bonds. The van der Waals surface area contributed by atoms with Crippen molar-refractivity contribution in [1.29, 1.82) is 0 Å². The number of thiol groups is 2. The molecule has 0 spiro atoms. The maximum absolute atomic E-state index is 11.4. The topological polar surface area (TPSA) is 116 Å². The van der Waals surface area contributed by atoms with Crippen molar-refractivity contribution < 1.29 is 66.4 Å². The van der Waals surface area contributed by atoms with E-state index < -0.39 is 0 Å². The van der Waals surface area contributed by atoms with Crippen molar-refractivity contribution >= 4 is 65.1 Å². The van der Waals surface area contributed by atoms with Gasteiger partial charge in [0.25, 0.3) is 0 Å². The van der Waals surface area contributed by atoms with Crippen molar-refractivity contribution in [2.75, 3.05) is 83.5 Å². The van der Waals surface area contributed by atoms with E-state index in [0.29, 0.717) is 52.2 Å². The summed E-state index contributed by atoms with van der Waals surface area (Å²) in [6.45, 7) is 16.8. The molecule has 9 nitrogen and oxygen atoms in total. The predicted molar refractivity (Wildman–Crippen MR) is 249 cm³/mol. The number of aliphatic hydroxyl groups is 1. The number of nitrogens with zero attached hydrogens (tertiary/aromatic N) is 2. The number of aliphatic hydroxyl groups excluding tert-OH is 1. The second kappa shape index (κ2) is 62.6. The van der Waals surface area contributed by atoms with Gasteiger partial charge in [-0.1, -0.05) is 112 Å². The van der Waals surface area contributed by atoms with Gasteiger partial charge in [0.05, 0.1) is 18.5 Å². The van der Waals surface area contributed by atoms with E-state index in [0.717, 1.165) is 63.1 Å². The summed E-state index contributed by atoms with van der Waals surface area (Å²) in [7, 11) is 1.65. The smallest absolute Gasteiger partial charge is 0.305 e. The van der Waals surface area contributed by atoms with Crippen LogP contribution < -0.4 is 0 Å². The van der Waals surface area contributed by atoms with Crippen molar-refractivity contribution in [2.45, 2.75) is 168 Å². The Labute approximate surface area is 390 Å². The zero-order valence-electron chi connectivity index (χ0n) is 36.9. The van der Waals surface area contributed by atoms with E-state index in [2.05, 4.69) is 68.2 Å². The molecule has 0 aromatic carbocycles. The second-order valence-corrected chi connectivity index (χ2v) is 15.8. The number of thioether (sulfide) groups is 2. The number of carbonyl (C=O) groups is 3. The van der Waals surface area contributed by atoms with Gasteiger partial charge in [0.15, 0.2) is 0 Å². The van der Waals surface area contributed by atoms with Crippen LogP contribution in [-0.2, 0) is 61.3 Å². The number of ether oxygens (including phenoxy) is 3. The molecule has 0 aromatic rings. The minimum Gasteiger partial charge on any atom is -0.658 e. The molecule has 0 rings (SSSR count). The van der Waals surface area contributed by atoms with E-state index in [1.165, 1.54) is 89.2 Å². The van der Waals surface area contributed by atoms with Crippen molar-refractivity contribution in [3.8, 4) is 0 Å². The zero-order valence-corrected chi connectivity index (χ0v) is 43.1. The average Bonchev–Trinajstić information content (AvgIpc) is 3.20. The molecule has 0 aliphatic carbocycles. The van der Waals surface area contributed by atoms with E-state index in [-0.39, 0.29) is 56.5 Å². The van der Waals surface area contributed by atoms with Crippen LogP contribution in [0, 0.1) is 0 Å². The molecule has 0 fully saturated rings. The van der Waals surface area contributed by atoms with Gasteiger partial charge in [0, 0.05) is 71.6 Å². The van der Waals surface area contributed by atoms with Crippen LogP contribution in [0.5, 0.6) is 0 Å². The molecule has 0 saturated heterocycles. The largest absolute Gasteiger partial charge is 0.658 e. The Bertz CT molecular complexity index is 749. The third-order valence-corrected chi connectivity index (χ3v) is 11.0. The summed E-state index contributed by atoms with van der Waals surface area (Å²) in [4.78, 5) is 35.9. The van der Waals surface area contributed by atoms with Crippen LogP contribution in [0.4, 0.5) is 0 Å². The molecule has 0 aliphatic rings. The average molecular weight is 949 g/mol. The molecular weight excluding hydrogens is 862 g/mol. The van der Waals surface area contributed by atoms with Crippen LogP contribution in [0.25, 0.3) is 5.32 Å². The first-order valence-corrected chi connectivity index (χ1v) is 25.3. The van der Waals surface area contributed by atoms with Crippen LogP contribution in [0.2, 0.25) is 0 Å². The zero-order chi connectivity index (χ0) is 41.9. The van der Waals surface area contributed by atoms with E-state index in [4.69, 9.17) is 19.3 Å². The van der Waals surface area contributed by atoms with Crippen molar-refractivity contribution in [2.24, 2.45) is 0 Å². The molecule has 14 heteroatoms. The van der Waals surface area contributed by atoms with E-state index in [9.17, 15) is 14.4 Å². The van der Waals surface area contributed by atoms with Crippen LogP contribution in [-0.4, -0.2) is 117 Å². The number of hydrogen-bond acceptors (Lipinski definition) is 12. The summed E-state index contributed by atoms with van der Waals surface area (Å²) in [6, 6.07) is 0. The molecular formula is C42H87N2O7S4Y-. The molecule has 0 aliphatic heterocycles. The molecule has 0 aromatic heterocycles. The van der Waals surface area contributed by atoms with Gasteiger partial charge in [-0.3, -0.25) is 9.59 Å². The van der Waals surface area contributed by atoms with Crippen LogP contribution in [0.3, 0.4) is 0 Å². The Morgan fingerprint density at radius 2 is 1.18 bits per heavy atom. The number of rotatable bonds is 38. The fraction of sp³-hybridized carbons (Fsp3) is 0.929. The number of carbonyl (C=O) groups excluding carboxylic acids is 3. The van der Waals surface area contributed by atoms with E-state index in [1.807, 2.05) is 23.5 Å². The van der Waals surface area contributed by atoms with E-state index >= 15 is 0 Å². The summed E-state index contributed by atoms with van der Waals surface area (Å²) in [5.74, 6) is 3.18. The van der Waals surface area contributed by atoms with Crippen molar-refractivity contribution in [1.82, 2.24) is 4.90 Å². The Morgan fingerprint density at radius 3 is 1.71 bits per heavy atom. The Hall–Kier alpha value is 0.954. The quantitative estimate of drug-likeness (QED) is 0.0182. The molecule has 0 heterocycles. The summed E-state index contributed by atoms with van der Waals surface area (Å²) >= 11 is 10.2. The summed E-state index contributed by atoms with van der Waals surface area (Å²) in [5, 5.41) is 12.9. The molecule has 1 unspecified atom stereocenters. The number of hydrogen-bond donors (Lipinski definition) is 3. The van der Waals surface area contributed by atoms with Gasteiger partial charge >= 0.3 is 11.9 Å². The van der Waals surface area contributed by atoms with Gasteiger partial charge < -0.3 is 34.3 Å². The maximum Gasteiger partial charge on any atom is 0.305 e. The fourth-order valence-electron chi connectivity index (χ4n) is 4.97. The van der Waals surface area contributed by atoms with Crippen LogP contribution in [0.15, 0.2) is 0 Å². The van der Waals surface area contributed by atoms with Crippen LogP contribution in [0.1, 0.15) is 163 Å². The monoisotopic (exact) mass is 948 g/mol. The standard InChI is InChI=1S/C15H30NO3.C15H30OS2.C12H25NO3.H2S2.Y/c1-3-4-5-6-7-8-9-10-15(17)19-14-12-16-11-13-18-2;1-3-5-7-9-11-17-14-15(13-16)18-12-10-8-6-4-2;1-3-13(4-2)9-7-8-12(15)16-11-6-5-10-14;1-2;/h3-14H2,1-2H3;13,15H,3-12,14H2,1-2H3;14H,3-11H2,1-2H3;1-2H;/q-1;;;;. The summed E-state index contributed by atoms with van der Waals surface area (Å²) in [6.07, 6.45) is 23.6. The summed E-state index contributed by atoms with van der Waals surface area (Å²) in [5.41, 5.74) is 0. The Balaban J connectivity index is -0.000000226. The predicted octanol–water partition coefficient (Wildman–Crippen LogP) is 11.1. The number of methoxy groups -OCH3 is 1. The Morgan fingerprint density at radius 1 is 0.679 bits per heavy atom. The first kappa shape index (κ1) is 66.1. The van der Waals surface area contributed by atoms with Crippen LogP contribution >= 0.6 is 46.8 Å². The Kier molecular flexibility index (Phi) is 73.9. The number of aldehydes is 1. The number of unbranched alkanes of at least 4 members (excludes halogenated alkanes) is 13. The van der Waals surface area contributed by atoms with Crippen molar-refractivity contribution in [3.63, 3.8) is 0 Å². The van der Waals surface area contributed by atoms with Gasteiger partial charge in [-0.05, 0) is 69.7 Å². The van der Waals surface area contributed by atoms with Gasteiger partial charge in [-0.15, -0.1) is 36.4 Å². The normalized spacial score (nSPS) is 10.8. The molecule has 1 radical (unpaired) electrons.